The van der Waals surface area contributed by atoms with Crippen LogP contribution in [0.4, 0.5) is 0 Å². The van der Waals surface area contributed by atoms with Gasteiger partial charge in [-0.05, 0) is 44.4 Å². The Hall–Kier alpha value is -1.22. The Bertz CT molecular complexity index is 453. The molecule has 1 rings (SSSR count). The third-order valence-corrected chi connectivity index (χ3v) is 2.77. The fourth-order valence-corrected chi connectivity index (χ4v) is 2.00. The van der Waals surface area contributed by atoms with Crippen LogP contribution in [0.5, 0.6) is 5.75 Å². The molecule has 0 aromatic heterocycles. The molecule has 0 saturated heterocycles. The fraction of sp³-hybridized carbons (Fsp3) is 0.533. The Kier molecular flexibility index (Phi) is 5.67. The predicted molar refractivity (Wildman–Crippen MR) is 77.3 cm³/mol. The zero-order valence-electron chi connectivity index (χ0n) is 12.1. The number of rotatable bonds is 5. The standard InChI is InChI=1S/C15H21ClO3/c1-6-18-14-12(9(2)3)7-11(16)8-13(14)15(17)19-10(4)5/h7-10H,6H2,1-5H3. The summed E-state index contributed by atoms with van der Waals surface area (Å²) in [6.07, 6.45) is -0.177. The Labute approximate surface area is 119 Å². The lowest BCUT2D eigenvalue weighted by Gasteiger charge is -2.18. The van der Waals surface area contributed by atoms with Crippen molar-refractivity contribution in [1.29, 1.82) is 0 Å². The molecule has 0 unspecified atom stereocenters. The highest BCUT2D eigenvalue weighted by molar-refractivity contribution is 6.31. The van der Waals surface area contributed by atoms with E-state index in [1.54, 1.807) is 6.07 Å². The maximum atomic E-state index is 12.1. The summed E-state index contributed by atoms with van der Waals surface area (Å²) >= 11 is 6.08. The van der Waals surface area contributed by atoms with Crippen molar-refractivity contribution in [2.75, 3.05) is 6.61 Å². The maximum absolute atomic E-state index is 12.1. The van der Waals surface area contributed by atoms with Crippen LogP contribution in [0.15, 0.2) is 12.1 Å². The summed E-state index contributed by atoms with van der Waals surface area (Å²) in [7, 11) is 0. The normalized spacial score (nSPS) is 10.9. The van der Waals surface area contributed by atoms with Crippen LogP contribution in [0.3, 0.4) is 0 Å². The van der Waals surface area contributed by atoms with E-state index in [2.05, 4.69) is 0 Å². The van der Waals surface area contributed by atoms with Crippen molar-refractivity contribution < 1.29 is 14.3 Å². The molecule has 0 aliphatic heterocycles. The highest BCUT2D eigenvalue weighted by Crippen LogP contribution is 2.34. The van der Waals surface area contributed by atoms with Gasteiger partial charge in [0.25, 0.3) is 0 Å². The van der Waals surface area contributed by atoms with E-state index in [0.29, 0.717) is 22.9 Å². The average Bonchev–Trinajstić information content (AvgIpc) is 2.29. The van der Waals surface area contributed by atoms with Crippen LogP contribution in [0.1, 0.15) is 56.5 Å². The van der Waals surface area contributed by atoms with E-state index in [1.165, 1.54) is 0 Å². The van der Waals surface area contributed by atoms with Crippen LogP contribution in [-0.2, 0) is 4.74 Å². The third kappa shape index (κ3) is 4.13. The molecule has 4 heteroatoms. The highest BCUT2D eigenvalue weighted by atomic mass is 35.5. The Morgan fingerprint density at radius 1 is 1.26 bits per heavy atom. The van der Waals surface area contributed by atoms with E-state index in [0.717, 1.165) is 5.56 Å². The van der Waals surface area contributed by atoms with Gasteiger partial charge >= 0.3 is 5.97 Å². The first-order chi connectivity index (χ1) is 8.86. The molecule has 0 heterocycles. The number of hydrogen-bond donors (Lipinski definition) is 0. The molecule has 0 fully saturated rings. The van der Waals surface area contributed by atoms with Crippen LogP contribution in [-0.4, -0.2) is 18.7 Å². The minimum absolute atomic E-state index is 0.177. The van der Waals surface area contributed by atoms with E-state index in [4.69, 9.17) is 21.1 Å². The van der Waals surface area contributed by atoms with E-state index in [1.807, 2.05) is 40.7 Å². The largest absolute Gasteiger partial charge is 0.493 e. The summed E-state index contributed by atoms with van der Waals surface area (Å²) in [5, 5.41) is 0.517. The molecule has 0 spiro atoms. The molecule has 0 aliphatic carbocycles. The van der Waals surface area contributed by atoms with Gasteiger partial charge in [0, 0.05) is 5.02 Å². The number of ether oxygens (including phenoxy) is 2. The number of benzene rings is 1. The summed E-state index contributed by atoms with van der Waals surface area (Å²) in [6.45, 7) is 10.1. The van der Waals surface area contributed by atoms with Crippen molar-refractivity contribution in [2.45, 2.75) is 46.6 Å². The number of hydrogen-bond acceptors (Lipinski definition) is 3. The van der Waals surface area contributed by atoms with Gasteiger partial charge in [0.2, 0.25) is 0 Å². The van der Waals surface area contributed by atoms with Crippen LogP contribution in [0, 0.1) is 0 Å². The first-order valence-electron chi connectivity index (χ1n) is 6.54. The summed E-state index contributed by atoms with van der Waals surface area (Å²) < 4.78 is 10.9. The SMILES string of the molecule is CCOc1c(C(=O)OC(C)C)cc(Cl)cc1C(C)C. The quantitative estimate of drug-likeness (QED) is 0.751. The van der Waals surface area contributed by atoms with Gasteiger partial charge in [-0.15, -0.1) is 0 Å². The molecule has 1 aromatic rings. The zero-order valence-corrected chi connectivity index (χ0v) is 12.9. The van der Waals surface area contributed by atoms with Gasteiger partial charge in [-0.3, -0.25) is 0 Å². The number of halogens is 1. The van der Waals surface area contributed by atoms with Crippen molar-refractivity contribution in [3.8, 4) is 5.75 Å². The molecular formula is C15H21ClO3. The third-order valence-electron chi connectivity index (χ3n) is 2.56. The van der Waals surface area contributed by atoms with Crippen molar-refractivity contribution in [3.05, 3.63) is 28.3 Å². The number of carbonyl (C=O) groups is 1. The number of esters is 1. The fourth-order valence-electron chi connectivity index (χ4n) is 1.78. The second-order valence-corrected chi connectivity index (χ2v) is 5.35. The minimum atomic E-state index is -0.400. The molecule has 106 valence electrons. The van der Waals surface area contributed by atoms with Crippen LogP contribution in [0.25, 0.3) is 0 Å². The van der Waals surface area contributed by atoms with Gasteiger partial charge in [0.05, 0.1) is 12.7 Å². The van der Waals surface area contributed by atoms with Gasteiger partial charge in [-0.1, -0.05) is 25.4 Å². The summed E-state index contributed by atoms with van der Waals surface area (Å²) in [5.41, 5.74) is 1.32. The van der Waals surface area contributed by atoms with Crippen LogP contribution in [0.2, 0.25) is 5.02 Å². The van der Waals surface area contributed by atoms with Crippen molar-refractivity contribution >= 4 is 17.6 Å². The maximum Gasteiger partial charge on any atom is 0.342 e. The van der Waals surface area contributed by atoms with Crippen LogP contribution >= 0.6 is 11.6 Å². The van der Waals surface area contributed by atoms with Crippen molar-refractivity contribution in [2.24, 2.45) is 0 Å². The van der Waals surface area contributed by atoms with Gasteiger partial charge in [0.15, 0.2) is 0 Å². The Morgan fingerprint density at radius 2 is 1.89 bits per heavy atom. The summed E-state index contributed by atoms with van der Waals surface area (Å²) in [5.74, 6) is 0.390. The van der Waals surface area contributed by atoms with E-state index < -0.39 is 5.97 Å². The average molecular weight is 285 g/mol. The topological polar surface area (TPSA) is 35.5 Å². The Morgan fingerprint density at radius 3 is 2.37 bits per heavy atom. The highest BCUT2D eigenvalue weighted by Gasteiger charge is 2.21. The second kappa shape index (κ2) is 6.80. The lowest BCUT2D eigenvalue weighted by atomic mass is 9.99. The monoisotopic (exact) mass is 284 g/mol. The van der Waals surface area contributed by atoms with Crippen molar-refractivity contribution in [3.63, 3.8) is 0 Å². The second-order valence-electron chi connectivity index (χ2n) is 4.91. The zero-order chi connectivity index (χ0) is 14.6. The van der Waals surface area contributed by atoms with Gasteiger partial charge in [-0.2, -0.15) is 0 Å². The lowest BCUT2D eigenvalue weighted by Crippen LogP contribution is -2.14. The smallest absolute Gasteiger partial charge is 0.342 e. The lowest BCUT2D eigenvalue weighted by molar-refractivity contribution is 0.0373. The van der Waals surface area contributed by atoms with E-state index in [9.17, 15) is 4.79 Å². The summed E-state index contributed by atoms with van der Waals surface area (Å²) in [6, 6.07) is 3.44. The molecule has 0 aliphatic rings. The molecule has 0 N–H and O–H groups in total. The van der Waals surface area contributed by atoms with Gasteiger partial charge in [-0.25, -0.2) is 4.79 Å². The number of carbonyl (C=O) groups excluding carboxylic acids is 1. The van der Waals surface area contributed by atoms with Gasteiger partial charge < -0.3 is 9.47 Å². The van der Waals surface area contributed by atoms with E-state index in [-0.39, 0.29) is 12.0 Å². The van der Waals surface area contributed by atoms with E-state index >= 15 is 0 Å². The predicted octanol–water partition coefficient (Wildman–Crippen LogP) is 4.43. The Balaban J connectivity index is 3.31. The molecule has 0 amide bonds. The first kappa shape index (κ1) is 15.8. The van der Waals surface area contributed by atoms with Crippen LogP contribution < -0.4 is 4.74 Å². The van der Waals surface area contributed by atoms with Crippen molar-refractivity contribution in [1.82, 2.24) is 0 Å². The molecule has 0 bridgehead atoms. The molecule has 19 heavy (non-hydrogen) atoms. The molecule has 0 atom stereocenters. The van der Waals surface area contributed by atoms with Gasteiger partial charge in [0.1, 0.15) is 11.3 Å². The molecule has 1 aromatic carbocycles. The summed E-state index contributed by atoms with van der Waals surface area (Å²) in [4.78, 5) is 12.1. The molecule has 3 nitrogen and oxygen atoms in total. The molecular weight excluding hydrogens is 264 g/mol. The first-order valence-corrected chi connectivity index (χ1v) is 6.91. The minimum Gasteiger partial charge on any atom is -0.493 e. The molecule has 0 saturated carbocycles. The molecule has 0 radical (unpaired) electrons.